The number of hydrogen-bond acceptors (Lipinski definition) is 3. The Morgan fingerprint density at radius 1 is 1.12 bits per heavy atom. The second-order valence-electron chi connectivity index (χ2n) is 7.53. The summed E-state index contributed by atoms with van der Waals surface area (Å²) in [5.41, 5.74) is 1.37. The van der Waals surface area contributed by atoms with Crippen molar-refractivity contribution in [3.8, 4) is 0 Å². The van der Waals surface area contributed by atoms with Crippen LogP contribution in [0.1, 0.15) is 29.5 Å². The predicted octanol–water partition coefficient (Wildman–Crippen LogP) is 3.28. The molecule has 4 nitrogen and oxygen atoms in total. The van der Waals surface area contributed by atoms with Gasteiger partial charge in [0.05, 0.1) is 0 Å². The number of carbonyl (C=O) groups excluding carboxylic acids is 1. The second kappa shape index (κ2) is 6.68. The molecule has 4 rings (SSSR count). The first kappa shape index (κ1) is 16.4. The minimum Gasteiger partial charge on any atom is -0.466 e. The molecule has 4 heteroatoms. The zero-order valence-corrected chi connectivity index (χ0v) is 15.0. The highest BCUT2D eigenvalue weighted by Crippen LogP contribution is 2.44. The van der Waals surface area contributed by atoms with Crippen molar-refractivity contribution in [3.63, 3.8) is 0 Å². The van der Waals surface area contributed by atoms with Crippen LogP contribution >= 0.6 is 0 Å². The fraction of sp³-hybridized carbons (Fsp3) is 0.476. The van der Waals surface area contributed by atoms with E-state index in [0.717, 1.165) is 31.2 Å². The molecule has 1 aromatic heterocycles. The van der Waals surface area contributed by atoms with Crippen molar-refractivity contribution in [2.24, 2.45) is 11.8 Å². The summed E-state index contributed by atoms with van der Waals surface area (Å²) in [5.74, 6) is 3.21. The van der Waals surface area contributed by atoms with Crippen LogP contribution in [-0.2, 0) is 11.2 Å². The summed E-state index contributed by atoms with van der Waals surface area (Å²) in [6, 6.07) is 15.1. The molecule has 0 saturated carbocycles. The Morgan fingerprint density at radius 3 is 2.64 bits per heavy atom. The Bertz CT molecular complexity index is 739. The lowest BCUT2D eigenvalue weighted by atomic mass is 9.90. The van der Waals surface area contributed by atoms with Gasteiger partial charge in [-0.1, -0.05) is 30.3 Å². The molecule has 2 aliphatic rings. The number of aryl methyl sites for hydroxylation is 2. The number of likely N-dealkylation sites (tertiary alicyclic amines) is 2. The summed E-state index contributed by atoms with van der Waals surface area (Å²) in [4.78, 5) is 17.2. The van der Waals surface area contributed by atoms with Crippen LogP contribution in [0.2, 0.25) is 0 Å². The van der Waals surface area contributed by atoms with Crippen LogP contribution in [0, 0.1) is 18.8 Å². The molecule has 2 saturated heterocycles. The third kappa shape index (κ3) is 3.23. The Balaban J connectivity index is 1.40. The van der Waals surface area contributed by atoms with Crippen molar-refractivity contribution in [2.45, 2.75) is 25.8 Å². The van der Waals surface area contributed by atoms with Crippen LogP contribution in [0.3, 0.4) is 0 Å². The Morgan fingerprint density at radius 2 is 1.92 bits per heavy atom. The Hall–Kier alpha value is -2.07. The Kier molecular flexibility index (Phi) is 4.38. The average Bonchev–Trinajstić information content (AvgIpc) is 3.27. The van der Waals surface area contributed by atoms with Gasteiger partial charge in [0.1, 0.15) is 11.5 Å². The fourth-order valence-electron chi connectivity index (χ4n) is 4.62. The highest BCUT2D eigenvalue weighted by molar-refractivity contribution is 5.76. The number of rotatable bonds is 4. The average molecular weight is 338 g/mol. The summed E-state index contributed by atoms with van der Waals surface area (Å²) in [7, 11) is 2.21. The second-order valence-corrected chi connectivity index (χ2v) is 7.53. The van der Waals surface area contributed by atoms with Crippen LogP contribution in [0.15, 0.2) is 46.9 Å². The number of amides is 1. The van der Waals surface area contributed by atoms with E-state index in [1.165, 1.54) is 5.56 Å². The van der Waals surface area contributed by atoms with Gasteiger partial charge in [0.15, 0.2) is 0 Å². The SMILES string of the molecule is Cc1ccc(CCC(=O)N2C[C@@H]3CN(C)[C@@H](c4ccccc4)[C@@H]3C2)o1. The molecule has 0 unspecified atom stereocenters. The Labute approximate surface area is 149 Å². The van der Waals surface area contributed by atoms with Crippen molar-refractivity contribution >= 4 is 5.91 Å². The molecule has 0 N–H and O–H groups in total. The number of fused-ring (bicyclic) bond motifs is 1. The van der Waals surface area contributed by atoms with Crippen LogP contribution in [0.4, 0.5) is 0 Å². The quantitative estimate of drug-likeness (QED) is 0.858. The molecule has 0 spiro atoms. The van der Waals surface area contributed by atoms with Gasteiger partial charge < -0.3 is 9.32 Å². The number of furan rings is 1. The first-order chi connectivity index (χ1) is 12.1. The molecule has 25 heavy (non-hydrogen) atoms. The normalized spacial score (nSPS) is 26.2. The van der Waals surface area contributed by atoms with Gasteiger partial charge in [0, 0.05) is 44.4 Å². The molecule has 0 bridgehead atoms. The maximum absolute atomic E-state index is 12.7. The summed E-state index contributed by atoms with van der Waals surface area (Å²) < 4.78 is 5.58. The van der Waals surface area contributed by atoms with E-state index >= 15 is 0 Å². The molecule has 2 aromatic rings. The van der Waals surface area contributed by atoms with E-state index in [1.54, 1.807) is 0 Å². The maximum Gasteiger partial charge on any atom is 0.223 e. The van der Waals surface area contributed by atoms with E-state index in [1.807, 2.05) is 19.1 Å². The molecule has 3 atom stereocenters. The van der Waals surface area contributed by atoms with Gasteiger partial charge in [0.25, 0.3) is 0 Å². The molecular weight excluding hydrogens is 312 g/mol. The molecule has 3 heterocycles. The molecule has 1 amide bonds. The molecule has 2 aliphatic heterocycles. The van der Waals surface area contributed by atoms with Gasteiger partial charge in [-0.25, -0.2) is 0 Å². The molecule has 0 radical (unpaired) electrons. The van der Waals surface area contributed by atoms with Crippen LogP contribution < -0.4 is 0 Å². The summed E-state index contributed by atoms with van der Waals surface area (Å²) in [5, 5.41) is 0. The number of carbonyl (C=O) groups is 1. The largest absolute Gasteiger partial charge is 0.466 e. The minimum atomic E-state index is 0.262. The van der Waals surface area contributed by atoms with E-state index in [9.17, 15) is 4.79 Å². The smallest absolute Gasteiger partial charge is 0.223 e. The zero-order chi connectivity index (χ0) is 17.4. The van der Waals surface area contributed by atoms with Gasteiger partial charge >= 0.3 is 0 Å². The first-order valence-corrected chi connectivity index (χ1v) is 9.20. The van der Waals surface area contributed by atoms with Gasteiger partial charge in [-0.15, -0.1) is 0 Å². The molecule has 1 aromatic carbocycles. The fourth-order valence-corrected chi connectivity index (χ4v) is 4.62. The lowest BCUT2D eigenvalue weighted by Gasteiger charge is -2.27. The minimum absolute atomic E-state index is 0.262. The van der Waals surface area contributed by atoms with Gasteiger partial charge in [-0.3, -0.25) is 9.69 Å². The van der Waals surface area contributed by atoms with Crippen LogP contribution in [0.25, 0.3) is 0 Å². The number of hydrogen-bond donors (Lipinski definition) is 0. The summed E-state index contributed by atoms with van der Waals surface area (Å²) in [6.45, 7) is 4.79. The van der Waals surface area contributed by atoms with Crippen molar-refractivity contribution < 1.29 is 9.21 Å². The van der Waals surface area contributed by atoms with Gasteiger partial charge in [-0.05, 0) is 37.6 Å². The first-order valence-electron chi connectivity index (χ1n) is 9.20. The molecule has 2 fully saturated rings. The van der Waals surface area contributed by atoms with Crippen molar-refractivity contribution in [1.29, 1.82) is 0 Å². The van der Waals surface area contributed by atoms with E-state index in [0.29, 0.717) is 30.7 Å². The van der Waals surface area contributed by atoms with E-state index in [2.05, 4.69) is 47.2 Å². The zero-order valence-electron chi connectivity index (χ0n) is 15.0. The van der Waals surface area contributed by atoms with E-state index < -0.39 is 0 Å². The maximum atomic E-state index is 12.7. The lowest BCUT2D eigenvalue weighted by Crippen LogP contribution is -2.33. The standard InChI is InChI=1S/C21H26N2O2/c1-15-8-9-18(25-15)10-11-20(24)23-13-17-12-22(2)21(19(17)14-23)16-6-4-3-5-7-16/h3-9,17,19,21H,10-14H2,1-2H3/t17-,19+,21-/m0/s1. The van der Waals surface area contributed by atoms with E-state index in [-0.39, 0.29) is 5.91 Å². The molecular formula is C21H26N2O2. The lowest BCUT2D eigenvalue weighted by molar-refractivity contribution is -0.130. The van der Waals surface area contributed by atoms with Crippen molar-refractivity contribution in [3.05, 3.63) is 59.5 Å². The molecule has 132 valence electrons. The van der Waals surface area contributed by atoms with Crippen molar-refractivity contribution in [1.82, 2.24) is 9.80 Å². The van der Waals surface area contributed by atoms with Crippen molar-refractivity contribution in [2.75, 3.05) is 26.7 Å². The highest BCUT2D eigenvalue weighted by Gasteiger charge is 2.46. The van der Waals surface area contributed by atoms with Gasteiger partial charge in [0.2, 0.25) is 5.91 Å². The highest BCUT2D eigenvalue weighted by atomic mass is 16.3. The summed E-state index contributed by atoms with van der Waals surface area (Å²) in [6.07, 6.45) is 1.23. The third-order valence-electron chi connectivity index (χ3n) is 5.77. The molecule has 0 aliphatic carbocycles. The predicted molar refractivity (Wildman–Crippen MR) is 97.1 cm³/mol. The summed E-state index contributed by atoms with van der Waals surface area (Å²) >= 11 is 0. The van der Waals surface area contributed by atoms with Crippen LogP contribution in [-0.4, -0.2) is 42.4 Å². The third-order valence-corrected chi connectivity index (χ3v) is 5.77. The van der Waals surface area contributed by atoms with Crippen LogP contribution in [0.5, 0.6) is 0 Å². The monoisotopic (exact) mass is 338 g/mol. The van der Waals surface area contributed by atoms with E-state index in [4.69, 9.17) is 4.42 Å². The number of nitrogens with zero attached hydrogens (tertiary/aromatic N) is 2. The number of benzene rings is 1. The van der Waals surface area contributed by atoms with Gasteiger partial charge in [-0.2, -0.15) is 0 Å². The topological polar surface area (TPSA) is 36.7 Å².